The summed E-state index contributed by atoms with van der Waals surface area (Å²) >= 11 is 11.4. The summed E-state index contributed by atoms with van der Waals surface area (Å²) in [6.07, 6.45) is 0.471. The van der Waals surface area contributed by atoms with Crippen LogP contribution in [-0.4, -0.2) is 14.7 Å². The Labute approximate surface area is 126 Å². The van der Waals surface area contributed by atoms with Crippen LogP contribution in [0, 0.1) is 0 Å². The van der Waals surface area contributed by atoms with Gasteiger partial charge in [0.25, 0.3) is 0 Å². The number of aldehydes is 1. The molecular formula is C13H8Cl2O4S. The van der Waals surface area contributed by atoms with Crippen molar-refractivity contribution in [3.63, 3.8) is 0 Å². The lowest BCUT2D eigenvalue weighted by Gasteiger charge is -2.09. The minimum atomic E-state index is -4.04. The van der Waals surface area contributed by atoms with Crippen LogP contribution in [0.25, 0.3) is 0 Å². The molecule has 0 saturated carbocycles. The molecule has 0 aliphatic rings. The molecule has 0 N–H and O–H groups in total. The summed E-state index contributed by atoms with van der Waals surface area (Å²) in [7, 11) is -4.04. The Morgan fingerprint density at radius 1 is 0.950 bits per heavy atom. The zero-order valence-electron chi connectivity index (χ0n) is 9.92. The fourth-order valence-corrected chi connectivity index (χ4v) is 2.72. The molecular weight excluding hydrogens is 323 g/mol. The maximum Gasteiger partial charge on any atom is 0.339 e. The first kappa shape index (κ1) is 14.8. The van der Waals surface area contributed by atoms with Gasteiger partial charge in [-0.25, -0.2) is 0 Å². The van der Waals surface area contributed by atoms with Crippen LogP contribution >= 0.6 is 23.2 Å². The Kier molecular flexibility index (Phi) is 4.32. The first-order chi connectivity index (χ1) is 9.42. The van der Waals surface area contributed by atoms with Crippen molar-refractivity contribution in [2.75, 3.05) is 0 Å². The van der Waals surface area contributed by atoms with Gasteiger partial charge < -0.3 is 4.18 Å². The first-order valence-electron chi connectivity index (χ1n) is 5.37. The molecule has 7 heteroatoms. The Morgan fingerprint density at radius 2 is 1.55 bits per heavy atom. The summed E-state index contributed by atoms with van der Waals surface area (Å²) in [6.45, 7) is 0. The van der Waals surface area contributed by atoms with E-state index in [2.05, 4.69) is 0 Å². The fourth-order valence-electron chi connectivity index (χ4n) is 1.45. The fraction of sp³-hybridized carbons (Fsp3) is 0. The summed E-state index contributed by atoms with van der Waals surface area (Å²) in [5.74, 6) is -0.0839. The van der Waals surface area contributed by atoms with E-state index < -0.39 is 10.1 Å². The third kappa shape index (κ3) is 3.30. The van der Waals surface area contributed by atoms with Gasteiger partial charge in [0.1, 0.15) is 4.90 Å². The van der Waals surface area contributed by atoms with Crippen LogP contribution in [0.5, 0.6) is 5.75 Å². The second kappa shape index (κ2) is 5.83. The molecule has 0 spiro atoms. The number of carbonyl (C=O) groups is 1. The molecule has 2 aromatic rings. The Morgan fingerprint density at radius 3 is 2.15 bits per heavy atom. The lowest BCUT2D eigenvalue weighted by Crippen LogP contribution is -2.10. The van der Waals surface area contributed by atoms with E-state index in [-0.39, 0.29) is 16.2 Å². The van der Waals surface area contributed by atoms with E-state index in [0.717, 1.165) is 0 Å². The monoisotopic (exact) mass is 330 g/mol. The third-order valence-electron chi connectivity index (χ3n) is 2.40. The highest BCUT2D eigenvalue weighted by Crippen LogP contribution is 2.25. The minimum absolute atomic E-state index is 0.0510. The smallest absolute Gasteiger partial charge is 0.339 e. The molecule has 2 aromatic carbocycles. The summed E-state index contributed by atoms with van der Waals surface area (Å²) in [6, 6.07) is 9.56. The normalized spacial score (nSPS) is 11.1. The number of hydrogen-bond donors (Lipinski definition) is 0. The van der Waals surface area contributed by atoms with Crippen LogP contribution in [-0.2, 0) is 10.1 Å². The molecule has 0 saturated heterocycles. The molecule has 0 aromatic heterocycles. The summed E-state index contributed by atoms with van der Waals surface area (Å²) in [5.41, 5.74) is 0.0510. The van der Waals surface area contributed by atoms with Gasteiger partial charge >= 0.3 is 10.1 Å². The zero-order valence-corrected chi connectivity index (χ0v) is 12.2. The predicted octanol–water partition coefficient (Wildman–Crippen LogP) is 3.57. The second-order valence-electron chi connectivity index (χ2n) is 3.79. The van der Waals surface area contributed by atoms with E-state index >= 15 is 0 Å². The van der Waals surface area contributed by atoms with Gasteiger partial charge in [0.05, 0.1) is 5.56 Å². The molecule has 2 rings (SSSR count). The Bertz CT molecular complexity index is 739. The molecule has 0 fully saturated rings. The lowest BCUT2D eigenvalue weighted by atomic mass is 10.2. The van der Waals surface area contributed by atoms with Gasteiger partial charge in [-0.2, -0.15) is 8.42 Å². The number of benzene rings is 2. The predicted molar refractivity (Wildman–Crippen MR) is 76.1 cm³/mol. The lowest BCUT2D eigenvalue weighted by molar-refractivity contribution is 0.112. The van der Waals surface area contributed by atoms with Crippen molar-refractivity contribution >= 4 is 39.6 Å². The third-order valence-corrected chi connectivity index (χ3v) is 4.14. The van der Waals surface area contributed by atoms with Crippen molar-refractivity contribution in [1.82, 2.24) is 0 Å². The van der Waals surface area contributed by atoms with Crippen LogP contribution < -0.4 is 4.18 Å². The van der Waals surface area contributed by atoms with Crippen molar-refractivity contribution in [1.29, 1.82) is 0 Å². The summed E-state index contributed by atoms with van der Waals surface area (Å²) in [5, 5.41) is 0.715. The van der Waals surface area contributed by atoms with Gasteiger partial charge in [-0.15, -0.1) is 0 Å². The Balaban J connectivity index is 2.38. The van der Waals surface area contributed by atoms with Gasteiger partial charge in [0, 0.05) is 10.0 Å². The number of halogens is 2. The summed E-state index contributed by atoms with van der Waals surface area (Å²) in [4.78, 5) is 10.8. The molecule has 0 bridgehead atoms. The molecule has 0 atom stereocenters. The number of rotatable bonds is 4. The van der Waals surface area contributed by atoms with Gasteiger partial charge in [0.15, 0.2) is 12.0 Å². The summed E-state index contributed by atoms with van der Waals surface area (Å²) < 4.78 is 29.0. The van der Waals surface area contributed by atoms with E-state index in [9.17, 15) is 13.2 Å². The van der Waals surface area contributed by atoms with Crippen LogP contribution in [0.3, 0.4) is 0 Å². The molecule has 104 valence electrons. The van der Waals surface area contributed by atoms with Crippen LogP contribution in [0.2, 0.25) is 10.0 Å². The van der Waals surface area contributed by atoms with Crippen LogP contribution in [0.15, 0.2) is 47.4 Å². The highest BCUT2D eigenvalue weighted by Gasteiger charge is 2.18. The molecule has 0 unspecified atom stereocenters. The average molecular weight is 331 g/mol. The maximum atomic E-state index is 12.1. The number of hydrogen-bond acceptors (Lipinski definition) is 4. The van der Waals surface area contributed by atoms with Crippen LogP contribution in [0.1, 0.15) is 10.4 Å². The topological polar surface area (TPSA) is 60.4 Å². The largest absolute Gasteiger partial charge is 0.378 e. The van der Waals surface area contributed by atoms with Gasteiger partial charge in [-0.1, -0.05) is 23.2 Å². The van der Waals surface area contributed by atoms with E-state index in [4.69, 9.17) is 27.4 Å². The maximum absolute atomic E-state index is 12.1. The molecule has 0 aliphatic carbocycles. The van der Waals surface area contributed by atoms with Gasteiger partial charge in [0.2, 0.25) is 0 Å². The highest BCUT2D eigenvalue weighted by molar-refractivity contribution is 7.87. The molecule has 0 heterocycles. The van der Waals surface area contributed by atoms with E-state index in [1.165, 1.54) is 42.5 Å². The quantitative estimate of drug-likeness (QED) is 0.635. The van der Waals surface area contributed by atoms with E-state index in [1.807, 2.05) is 0 Å². The van der Waals surface area contributed by atoms with Crippen LogP contribution in [0.4, 0.5) is 0 Å². The highest BCUT2D eigenvalue weighted by atomic mass is 35.5. The first-order valence-corrected chi connectivity index (χ1v) is 7.53. The van der Waals surface area contributed by atoms with Crippen molar-refractivity contribution in [2.24, 2.45) is 0 Å². The molecule has 4 nitrogen and oxygen atoms in total. The van der Waals surface area contributed by atoms with Crippen molar-refractivity contribution in [2.45, 2.75) is 4.90 Å². The SMILES string of the molecule is O=Cc1cc(Cl)ccc1OS(=O)(=O)c1ccc(Cl)cc1. The Hall–Kier alpha value is -1.56. The van der Waals surface area contributed by atoms with Crippen molar-refractivity contribution in [3.8, 4) is 5.75 Å². The minimum Gasteiger partial charge on any atom is -0.378 e. The van der Waals surface area contributed by atoms with E-state index in [1.54, 1.807) is 0 Å². The standard InChI is InChI=1S/C13H8Cl2O4S/c14-10-1-4-12(5-2-10)20(17,18)19-13-6-3-11(15)7-9(13)8-16/h1-8H. The molecule has 0 aliphatic heterocycles. The van der Waals surface area contributed by atoms with E-state index in [0.29, 0.717) is 16.3 Å². The zero-order chi connectivity index (χ0) is 14.8. The molecule has 20 heavy (non-hydrogen) atoms. The average Bonchev–Trinajstić information content (AvgIpc) is 2.41. The van der Waals surface area contributed by atoms with Crippen molar-refractivity contribution < 1.29 is 17.4 Å². The number of carbonyl (C=O) groups excluding carboxylic acids is 1. The van der Waals surface area contributed by atoms with Gasteiger partial charge in [-0.05, 0) is 42.5 Å². The second-order valence-corrected chi connectivity index (χ2v) is 6.21. The molecule has 0 radical (unpaired) electrons. The molecule has 0 amide bonds. The van der Waals surface area contributed by atoms with Gasteiger partial charge in [-0.3, -0.25) is 4.79 Å². The van der Waals surface area contributed by atoms with Crippen molar-refractivity contribution in [3.05, 3.63) is 58.1 Å².